The molecule has 2 aromatic carbocycles. The zero-order chi connectivity index (χ0) is 25.4. The molecule has 1 unspecified atom stereocenters. The number of aromatic nitrogens is 3. The number of ether oxygens (including phenoxy) is 1. The van der Waals surface area contributed by atoms with Gasteiger partial charge in [0.05, 0.1) is 34.2 Å². The maximum atomic E-state index is 12.6. The van der Waals surface area contributed by atoms with Gasteiger partial charge in [-0.3, -0.25) is 9.20 Å². The summed E-state index contributed by atoms with van der Waals surface area (Å²) in [5.74, 6) is 1.31. The number of para-hydroxylation sites is 2. The lowest BCUT2D eigenvalue weighted by molar-refractivity contribution is 0.102. The van der Waals surface area contributed by atoms with E-state index in [9.17, 15) is 4.79 Å². The average molecular weight is 511 g/mol. The first-order chi connectivity index (χ1) is 18.0. The molecule has 1 aliphatic carbocycles. The quantitative estimate of drug-likeness (QED) is 0.214. The second-order valence-corrected chi connectivity index (χ2v) is 10.2. The van der Waals surface area contributed by atoms with Gasteiger partial charge >= 0.3 is 0 Å². The number of hydrogen-bond acceptors (Lipinski definition) is 7. The van der Waals surface area contributed by atoms with Gasteiger partial charge in [-0.05, 0) is 68.1 Å². The number of amides is 1. The van der Waals surface area contributed by atoms with Crippen LogP contribution in [0.3, 0.4) is 0 Å². The van der Waals surface area contributed by atoms with Crippen LogP contribution in [0.25, 0.3) is 16.2 Å². The second kappa shape index (κ2) is 9.59. The van der Waals surface area contributed by atoms with Crippen molar-refractivity contribution >= 4 is 45.1 Å². The van der Waals surface area contributed by atoms with E-state index in [0.29, 0.717) is 22.9 Å². The fourth-order valence-electron chi connectivity index (χ4n) is 4.18. The molecular weight excluding hydrogens is 484 g/mol. The van der Waals surface area contributed by atoms with Gasteiger partial charge in [-0.1, -0.05) is 23.5 Å². The molecule has 0 saturated heterocycles. The highest BCUT2D eigenvalue weighted by Gasteiger charge is 2.29. The van der Waals surface area contributed by atoms with E-state index in [1.54, 1.807) is 24.3 Å². The van der Waals surface area contributed by atoms with Gasteiger partial charge < -0.3 is 21.1 Å². The summed E-state index contributed by atoms with van der Waals surface area (Å²) in [7, 11) is 0. The van der Waals surface area contributed by atoms with Gasteiger partial charge in [0.1, 0.15) is 11.4 Å². The molecular formula is C28H26N6O2S. The van der Waals surface area contributed by atoms with Crippen molar-refractivity contribution in [2.45, 2.75) is 25.9 Å². The number of fused-ring (bicyclic) bond motifs is 1. The van der Waals surface area contributed by atoms with E-state index in [-0.39, 0.29) is 12.0 Å². The van der Waals surface area contributed by atoms with Crippen molar-refractivity contribution in [1.29, 1.82) is 0 Å². The molecule has 186 valence electrons. The Hall–Kier alpha value is -4.37. The number of imidazole rings is 1. The number of nitrogens with zero attached hydrogens (tertiary/aromatic N) is 3. The molecule has 1 fully saturated rings. The molecule has 8 nitrogen and oxygen atoms in total. The lowest BCUT2D eigenvalue weighted by Crippen LogP contribution is -2.13. The summed E-state index contributed by atoms with van der Waals surface area (Å²) < 4.78 is 8.13. The van der Waals surface area contributed by atoms with E-state index < -0.39 is 0 Å². The van der Waals surface area contributed by atoms with E-state index >= 15 is 0 Å². The van der Waals surface area contributed by atoms with E-state index in [0.717, 1.165) is 32.8 Å². The third-order valence-corrected chi connectivity index (χ3v) is 7.39. The normalized spacial score (nSPS) is 13.9. The second-order valence-electron chi connectivity index (χ2n) is 9.17. The van der Waals surface area contributed by atoms with Crippen LogP contribution in [0.15, 0.2) is 79.3 Å². The van der Waals surface area contributed by atoms with Gasteiger partial charge in [0.15, 0.2) is 5.13 Å². The molecule has 0 radical (unpaired) electrons. The van der Waals surface area contributed by atoms with E-state index in [1.807, 2.05) is 59.4 Å². The van der Waals surface area contributed by atoms with Gasteiger partial charge in [-0.2, -0.15) is 0 Å². The molecule has 1 amide bonds. The summed E-state index contributed by atoms with van der Waals surface area (Å²) >= 11 is 1.53. The first-order valence-corrected chi connectivity index (χ1v) is 13.0. The Balaban J connectivity index is 1.13. The van der Waals surface area contributed by atoms with Crippen molar-refractivity contribution in [2.75, 3.05) is 16.4 Å². The van der Waals surface area contributed by atoms with Crippen molar-refractivity contribution in [1.82, 2.24) is 14.4 Å². The Labute approximate surface area is 218 Å². The van der Waals surface area contributed by atoms with E-state index in [4.69, 9.17) is 10.5 Å². The molecule has 0 spiro atoms. The molecule has 4 N–H and O–H groups in total. The minimum atomic E-state index is -0.218. The number of anilines is 4. The van der Waals surface area contributed by atoms with Gasteiger partial charge in [0, 0.05) is 29.7 Å². The van der Waals surface area contributed by atoms with Crippen LogP contribution in [-0.2, 0) is 0 Å². The number of nitrogen functional groups attached to an aromatic ring is 1. The summed E-state index contributed by atoms with van der Waals surface area (Å²) in [6.45, 7) is 2.13. The van der Waals surface area contributed by atoms with Crippen LogP contribution in [0.1, 0.15) is 30.1 Å². The number of nitrogens with one attached hydrogen (secondary N) is 2. The van der Waals surface area contributed by atoms with Crippen molar-refractivity contribution in [3.8, 4) is 16.3 Å². The van der Waals surface area contributed by atoms with Gasteiger partial charge in [-0.15, -0.1) is 0 Å². The fraction of sp³-hybridized carbons (Fsp3) is 0.179. The number of nitrogens with two attached hydrogens (primary N) is 1. The predicted molar refractivity (Wildman–Crippen MR) is 148 cm³/mol. The third-order valence-electron chi connectivity index (χ3n) is 6.46. The minimum absolute atomic E-state index is 0.218. The highest BCUT2D eigenvalue weighted by Crippen LogP contribution is 2.35. The molecule has 0 aliphatic heterocycles. The summed E-state index contributed by atoms with van der Waals surface area (Å²) in [6.07, 6.45) is 8.42. The Morgan fingerprint density at radius 2 is 1.92 bits per heavy atom. The number of hydrogen-bond donors (Lipinski definition) is 3. The minimum Gasteiger partial charge on any atom is -0.490 e. The Morgan fingerprint density at radius 1 is 1.11 bits per heavy atom. The first kappa shape index (κ1) is 23.1. The lowest BCUT2D eigenvalue weighted by Gasteiger charge is -2.13. The van der Waals surface area contributed by atoms with Crippen LogP contribution in [0, 0.1) is 5.92 Å². The van der Waals surface area contributed by atoms with Crippen LogP contribution < -0.4 is 21.1 Å². The van der Waals surface area contributed by atoms with Crippen molar-refractivity contribution in [3.63, 3.8) is 0 Å². The van der Waals surface area contributed by atoms with Crippen LogP contribution in [0.4, 0.5) is 22.2 Å². The molecule has 1 aliphatic rings. The molecule has 3 heterocycles. The first-order valence-electron chi connectivity index (χ1n) is 12.2. The van der Waals surface area contributed by atoms with Gasteiger partial charge in [-0.25, -0.2) is 9.97 Å². The lowest BCUT2D eigenvalue weighted by atomic mass is 10.2. The van der Waals surface area contributed by atoms with Gasteiger partial charge in [0.25, 0.3) is 5.91 Å². The molecule has 37 heavy (non-hydrogen) atoms. The number of benzene rings is 2. The number of carbonyl (C=O) groups is 1. The molecule has 3 aromatic heterocycles. The number of rotatable bonds is 8. The average Bonchev–Trinajstić information content (AvgIpc) is 3.53. The van der Waals surface area contributed by atoms with Crippen LogP contribution >= 0.6 is 11.3 Å². The highest BCUT2D eigenvalue weighted by molar-refractivity contribution is 7.18. The van der Waals surface area contributed by atoms with Crippen LogP contribution in [0.5, 0.6) is 5.75 Å². The standard InChI is InChI=1S/C28H26N6O2S/c1-17(18-6-7-18)36-21-12-13-34-24(15-30-26(34)14-21)25-16-31-28(37-25)32-20-10-8-19(9-11-20)27(35)33-23-5-3-2-4-22(23)29/h2-5,8-18H,6-7,29H2,1H3,(H,31,32)(H,33,35). The summed E-state index contributed by atoms with van der Waals surface area (Å²) in [6, 6.07) is 18.4. The smallest absolute Gasteiger partial charge is 0.255 e. The number of pyridine rings is 1. The molecule has 1 saturated carbocycles. The highest BCUT2D eigenvalue weighted by atomic mass is 32.1. The van der Waals surface area contributed by atoms with Crippen LogP contribution in [0.2, 0.25) is 0 Å². The Bertz CT molecular complexity index is 1570. The predicted octanol–water partition coefficient (Wildman–Crippen LogP) is 6.21. The Kier molecular flexibility index (Phi) is 5.97. The fourth-order valence-corrected chi connectivity index (χ4v) is 5.02. The maximum Gasteiger partial charge on any atom is 0.255 e. The number of carbonyl (C=O) groups excluding carboxylic acids is 1. The zero-order valence-electron chi connectivity index (χ0n) is 20.2. The number of thiazole rings is 1. The monoisotopic (exact) mass is 510 g/mol. The molecule has 6 rings (SSSR count). The topological polar surface area (TPSA) is 107 Å². The summed E-state index contributed by atoms with van der Waals surface area (Å²) in [4.78, 5) is 22.7. The molecule has 0 bridgehead atoms. The largest absolute Gasteiger partial charge is 0.490 e. The third kappa shape index (κ3) is 4.99. The van der Waals surface area contributed by atoms with Crippen molar-refractivity contribution in [2.24, 2.45) is 5.92 Å². The van der Waals surface area contributed by atoms with E-state index in [2.05, 4.69) is 27.5 Å². The molecule has 5 aromatic rings. The van der Waals surface area contributed by atoms with Crippen LogP contribution in [-0.4, -0.2) is 26.4 Å². The van der Waals surface area contributed by atoms with E-state index in [1.165, 1.54) is 24.2 Å². The Morgan fingerprint density at radius 3 is 2.70 bits per heavy atom. The maximum absolute atomic E-state index is 12.6. The molecule has 1 atom stereocenters. The zero-order valence-corrected chi connectivity index (χ0v) is 21.0. The SMILES string of the molecule is CC(Oc1ccn2c(-c3cnc(Nc4ccc(C(=O)Nc5ccccc5N)cc4)s3)cnc2c1)C1CC1. The van der Waals surface area contributed by atoms with Gasteiger partial charge in [0.2, 0.25) is 0 Å². The molecule has 9 heteroatoms. The summed E-state index contributed by atoms with van der Waals surface area (Å²) in [5, 5.41) is 6.90. The van der Waals surface area contributed by atoms with Crippen molar-refractivity contribution < 1.29 is 9.53 Å². The van der Waals surface area contributed by atoms with Crippen molar-refractivity contribution in [3.05, 3.63) is 84.8 Å². The summed E-state index contributed by atoms with van der Waals surface area (Å²) in [5.41, 5.74) is 10.2.